The molecule has 2 unspecified atom stereocenters. The molecule has 22 heavy (non-hydrogen) atoms. The highest BCUT2D eigenvalue weighted by Gasteiger charge is 2.26. The molecule has 0 aromatic heterocycles. The molecule has 1 fully saturated rings. The molecule has 126 valence electrons. The van der Waals surface area contributed by atoms with Gasteiger partial charge in [0.1, 0.15) is 0 Å². The Morgan fingerprint density at radius 3 is 2.14 bits per heavy atom. The molecule has 7 nitrogen and oxygen atoms in total. The molecule has 2 atom stereocenters. The van der Waals surface area contributed by atoms with Gasteiger partial charge in [0.2, 0.25) is 11.8 Å². The third kappa shape index (κ3) is 6.89. The molecule has 7 heteroatoms. The Hall–Kier alpha value is -1.63. The van der Waals surface area contributed by atoms with E-state index in [9.17, 15) is 14.4 Å². The van der Waals surface area contributed by atoms with E-state index in [0.29, 0.717) is 18.6 Å². The van der Waals surface area contributed by atoms with Gasteiger partial charge in [-0.15, -0.1) is 0 Å². The fourth-order valence-electron chi connectivity index (χ4n) is 2.72. The molecule has 0 aromatic rings. The highest BCUT2D eigenvalue weighted by atomic mass is 16.4. The molecule has 0 saturated carbocycles. The molecule has 0 aromatic carbocycles. The zero-order valence-corrected chi connectivity index (χ0v) is 13.4. The maximum absolute atomic E-state index is 11.9. The third-order valence-electron chi connectivity index (χ3n) is 4.04. The van der Waals surface area contributed by atoms with Crippen molar-refractivity contribution in [3.63, 3.8) is 0 Å². The van der Waals surface area contributed by atoms with E-state index in [1.807, 2.05) is 0 Å². The normalized spacial score (nSPS) is 22.1. The second kappa shape index (κ2) is 9.40. The van der Waals surface area contributed by atoms with E-state index < -0.39 is 5.97 Å². The van der Waals surface area contributed by atoms with Crippen molar-refractivity contribution in [2.24, 2.45) is 0 Å². The number of likely N-dealkylation sites (tertiary alicyclic amines) is 1. The Balaban J connectivity index is 2.17. The van der Waals surface area contributed by atoms with Crippen molar-refractivity contribution >= 4 is 17.8 Å². The fourth-order valence-corrected chi connectivity index (χ4v) is 2.72. The number of hydrogen-bond acceptors (Lipinski definition) is 4. The predicted molar refractivity (Wildman–Crippen MR) is 82.4 cm³/mol. The van der Waals surface area contributed by atoms with Gasteiger partial charge in [0.25, 0.3) is 0 Å². The number of amides is 2. The average Bonchev–Trinajstić information content (AvgIpc) is 2.42. The van der Waals surface area contributed by atoms with Crippen LogP contribution >= 0.6 is 0 Å². The summed E-state index contributed by atoms with van der Waals surface area (Å²) in [7, 11) is 0. The summed E-state index contributed by atoms with van der Waals surface area (Å²) in [6.45, 7) is 5.03. The lowest BCUT2D eigenvalue weighted by Crippen LogP contribution is -2.49. The van der Waals surface area contributed by atoms with Gasteiger partial charge in [-0.3, -0.25) is 19.3 Å². The maximum atomic E-state index is 11.9. The highest BCUT2D eigenvalue weighted by Crippen LogP contribution is 2.21. The summed E-state index contributed by atoms with van der Waals surface area (Å²) in [4.78, 5) is 35.9. The summed E-state index contributed by atoms with van der Waals surface area (Å²) in [5.74, 6) is -1.27. The zero-order chi connectivity index (χ0) is 16.5. The van der Waals surface area contributed by atoms with Crippen LogP contribution in [0.2, 0.25) is 0 Å². The molecule has 1 heterocycles. The van der Waals surface area contributed by atoms with Crippen LogP contribution in [0, 0.1) is 0 Å². The lowest BCUT2D eigenvalue weighted by Gasteiger charge is -2.38. The number of carboxylic acids is 1. The molecule has 2 amide bonds. The van der Waals surface area contributed by atoms with E-state index in [4.69, 9.17) is 5.11 Å². The van der Waals surface area contributed by atoms with E-state index in [1.54, 1.807) is 0 Å². The Morgan fingerprint density at radius 2 is 1.55 bits per heavy atom. The van der Waals surface area contributed by atoms with Crippen molar-refractivity contribution in [2.75, 3.05) is 19.6 Å². The number of rotatable bonds is 8. The van der Waals surface area contributed by atoms with Gasteiger partial charge in [-0.2, -0.15) is 0 Å². The van der Waals surface area contributed by atoms with E-state index in [1.165, 1.54) is 6.42 Å². The molecule has 0 bridgehead atoms. The molecule has 1 aliphatic heterocycles. The number of carbonyl (C=O) groups excluding carboxylic acids is 2. The quantitative estimate of drug-likeness (QED) is 0.600. The minimum Gasteiger partial charge on any atom is -0.481 e. The van der Waals surface area contributed by atoms with Crippen molar-refractivity contribution in [1.29, 1.82) is 0 Å². The Kier molecular flexibility index (Phi) is 7.87. The van der Waals surface area contributed by atoms with Crippen LogP contribution in [0.3, 0.4) is 0 Å². The van der Waals surface area contributed by atoms with Gasteiger partial charge in [-0.25, -0.2) is 0 Å². The number of aliphatic carboxylic acids is 1. The summed E-state index contributed by atoms with van der Waals surface area (Å²) in [6.07, 6.45) is 3.50. The molecule has 1 saturated heterocycles. The van der Waals surface area contributed by atoms with Crippen molar-refractivity contribution in [3.05, 3.63) is 0 Å². The summed E-state index contributed by atoms with van der Waals surface area (Å²) in [6, 6.07) is 0.822. The van der Waals surface area contributed by atoms with E-state index in [-0.39, 0.29) is 37.7 Å². The standard InChI is InChI=1S/C15H27N3O4/c1-11-4-3-5-12(2)18(11)10-14(20)17-8-6-13(19)16-9-7-15(21)22/h11-12H,3-10H2,1-2H3,(H,16,19)(H,17,20)(H,21,22). The van der Waals surface area contributed by atoms with Gasteiger partial charge >= 0.3 is 5.97 Å². The second-order valence-electron chi connectivity index (χ2n) is 5.89. The number of nitrogens with zero attached hydrogens (tertiary/aromatic N) is 1. The van der Waals surface area contributed by atoms with Crippen molar-refractivity contribution in [1.82, 2.24) is 15.5 Å². The largest absolute Gasteiger partial charge is 0.481 e. The van der Waals surface area contributed by atoms with Gasteiger partial charge < -0.3 is 15.7 Å². The first-order valence-electron chi connectivity index (χ1n) is 7.91. The first-order chi connectivity index (χ1) is 10.4. The minimum absolute atomic E-state index is 0.0704. The molecule has 3 N–H and O–H groups in total. The van der Waals surface area contributed by atoms with Crippen LogP contribution in [0.4, 0.5) is 0 Å². The van der Waals surface area contributed by atoms with Crippen molar-refractivity contribution in [2.45, 2.75) is 58.0 Å². The maximum Gasteiger partial charge on any atom is 0.305 e. The van der Waals surface area contributed by atoms with Crippen LogP contribution in [0.1, 0.15) is 46.0 Å². The number of nitrogens with one attached hydrogen (secondary N) is 2. The Bertz CT molecular complexity index is 390. The van der Waals surface area contributed by atoms with Crippen LogP contribution in [0.15, 0.2) is 0 Å². The lowest BCUT2D eigenvalue weighted by molar-refractivity contribution is -0.137. The summed E-state index contributed by atoms with van der Waals surface area (Å²) < 4.78 is 0. The van der Waals surface area contributed by atoms with E-state index in [0.717, 1.165) is 12.8 Å². The number of carbonyl (C=O) groups is 3. The predicted octanol–water partition coefficient (Wildman–Crippen LogP) is 0.347. The topological polar surface area (TPSA) is 98.7 Å². The van der Waals surface area contributed by atoms with Gasteiger partial charge in [0.05, 0.1) is 13.0 Å². The monoisotopic (exact) mass is 313 g/mol. The molecule has 0 aliphatic carbocycles. The SMILES string of the molecule is CC1CCCC(C)N1CC(=O)NCCC(=O)NCCC(=O)O. The average molecular weight is 313 g/mol. The zero-order valence-electron chi connectivity index (χ0n) is 13.4. The van der Waals surface area contributed by atoms with Gasteiger partial charge in [0.15, 0.2) is 0 Å². The summed E-state index contributed by atoms with van der Waals surface area (Å²) >= 11 is 0. The summed E-state index contributed by atoms with van der Waals surface area (Å²) in [5, 5.41) is 13.7. The lowest BCUT2D eigenvalue weighted by atomic mass is 9.97. The van der Waals surface area contributed by atoms with Crippen molar-refractivity contribution in [3.8, 4) is 0 Å². The van der Waals surface area contributed by atoms with Crippen molar-refractivity contribution < 1.29 is 19.5 Å². The molecular weight excluding hydrogens is 286 g/mol. The third-order valence-corrected chi connectivity index (χ3v) is 4.04. The van der Waals surface area contributed by atoms with E-state index in [2.05, 4.69) is 29.4 Å². The van der Waals surface area contributed by atoms with Crippen LogP contribution in [-0.2, 0) is 14.4 Å². The molecule has 1 aliphatic rings. The van der Waals surface area contributed by atoms with Crippen LogP contribution in [0.25, 0.3) is 0 Å². The Morgan fingerprint density at radius 1 is 1.00 bits per heavy atom. The number of piperidine rings is 1. The molecular formula is C15H27N3O4. The van der Waals surface area contributed by atoms with Crippen LogP contribution in [0.5, 0.6) is 0 Å². The Labute approximate surface area is 131 Å². The summed E-state index contributed by atoms with van der Waals surface area (Å²) in [5.41, 5.74) is 0. The first-order valence-corrected chi connectivity index (χ1v) is 7.91. The van der Waals surface area contributed by atoms with Crippen LogP contribution < -0.4 is 10.6 Å². The highest BCUT2D eigenvalue weighted by molar-refractivity contribution is 5.80. The van der Waals surface area contributed by atoms with Gasteiger partial charge in [-0.1, -0.05) is 6.42 Å². The number of carboxylic acid groups (broad SMARTS) is 1. The second-order valence-corrected chi connectivity index (χ2v) is 5.89. The van der Waals surface area contributed by atoms with E-state index >= 15 is 0 Å². The van der Waals surface area contributed by atoms with Crippen LogP contribution in [-0.4, -0.2) is 59.5 Å². The van der Waals surface area contributed by atoms with Gasteiger partial charge in [-0.05, 0) is 26.7 Å². The first kappa shape index (κ1) is 18.4. The minimum atomic E-state index is -0.946. The molecule has 0 radical (unpaired) electrons. The smallest absolute Gasteiger partial charge is 0.305 e. The fraction of sp³-hybridized carbons (Fsp3) is 0.800. The molecule has 0 spiro atoms. The number of hydrogen-bond donors (Lipinski definition) is 3. The molecule has 1 rings (SSSR count). The van der Waals surface area contributed by atoms with Gasteiger partial charge in [0, 0.05) is 31.6 Å².